The van der Waals surface area contributed by atoms with E-state index in [4.69, 9.17) is 16.6 Å². The van der Waals surface area contributed by atoms with Gasteiger partial charge in [0, 0.05) is 5.56 Å². The van der Waals surface area contributed by atoms with Crippen LogP contribution >= 0.6 is 0 Å². The van der Waals surface area contributed by atoms with Crippen LogP contribution in [0.1, 0.15) is 20.7 Å². The van der Waals surface area contributed by atoms with E-state index >= 15 is 0 Å². The molecule has 0 saturated heterocycles. The van der Waals surface area contributed by atoms with Crippen LogP contribution in [0.3, 0.4) is 0 Å². The first kappa shape index (κ1) is 13.4. The highest BCUT2D eigenvalue weighted by atomic mass is 16.4. The number of nitrogen functional groups attached to an aromatic ring is 2. The van der Waals surface area contributed by atoms with Gasteiger partial charge in [0.15, 0.2) is 0 Å². The molecule has 0 saturated carbocycles. The summed E-state index contributed by atoms with van der Waals surface area (Å²) in [5, 5.41) is 18.4. The Bertz CT molecular complexity index is 710. The second kappa shape index (κ2) is 4.93. The highest BCUT2D eigenvalue weighted by molar-refractivity contribution is 6.07. The number of carboxylic acids is 2. The summed E-state index contributed by atoms with van der Waals surface area (Å²) in [6.07, 6.45) is 0. The van der Waals surface area contributed by atoms with Crippen molar-refractivity contribution in [2.45, 2.75) is 0 Å². The number of para-hydroxylation sites is 1. The third-order valence-corrected chi connectivity index (χ3v) is 2.94. The van der Waals surface area contributed by atoms with Crippen molar-refractivity contribution in [1.82, 2.24) is 0 Å². The van der Waals surface area contributed by atoms with E-state index in [0.717, 1.165) is 0 Å². The van der Waals surface area contributed by atoms with E-state index < -0.39 is 11.9 Å². The summed E-state index contributed by atoms with van der Waals surface area (Å²) in [6, 6.07) is 9.01. The summed E-state index contributed by atoms with van der Waals surface area (Å²) >= 11 is 0. The molecule has 20 heavy (non-hydrogen) atoms. The van der Waals surface area contributed by atoms with Crippen molar-refractivity contribution in [3.63, 3.8) is 0 Å². The fourth-order valence-electron chi connectivity index (χ4n) is 2.00. The first-order valence-electron chi connectivity index (χ1n) is 5.67. The number of hydrogen-bond acceptors (Lipinski definition) is 4. The van der Waals surface area contributed by atoms with E-state index in [1.807, 2.05) is 0 Å². The van der Waals surface area contributed by atoms with Crippen molar-refractivity contribution < 1.29 is 19.8 Å². The minimum atomic E-state index is -1.33. The smallest absolute Gasteiger partial charge is 0.337 e. The predicted octanol–water partition coefficient (Wildman–Crippen LogP) is 1.91. The van der Waals surface area contributed by atoms with Gasteiger partial charge in [-0.2, -0.15) is 0 Å². The Hall–Kier alpha value is -3.02. The lowest BCUT2D eigenvalue weighted by Crippen LogP contribution is -2.10. The maximum absolute atomic E-state index is 11.4. The average molecular weight is 272 g/mol. The zero-order valence-corrected chi connectivity index (χ0v) is 10.3. The van der Waals surface area contributed by atoms with E-state index in [-0.39, 0.29) is 22.4 Å². The van der Waals surface area contributed by atoms with Crippen molar-refractivity contribution in [2.75, 3.05) is 11.5 Å². The normalized spacial score (nSPS) is 10.2. The number of anilines is 2. The zero-order chi connectivity index (χ0) is 14.9. The lowest BCUT2D eigenvalue weighted by Gasteiger charge is -2.12. The molecule has 0 aliphatic heterocycles. The molecule has 2 aromatic rings. The number of hydrogen-bond donors (Lipinski definition) is 4. The van der Waals surface area contributed by atoms with Gasteiger partial charge in [0.1, 0.15) is 0 Å². The number of nitrogens with two attached hydrogens (primary N) is 2. The largest absolute Gasteiger partial charge is 0.478 e. The number of carboxylic acid groups (broad SMARTS) is 2. The van der Waals surface area contributed by atoms with Crippen LogP contribution in [-0.2, 0) is 0 Å². The van der Waals surface area contributed by atoms with Crippen LogP contribution in [0.2, 0.25) is 0 Å². The molecule has 0 atom stereocenters. The van der Waals surface area contributed by atoms with Crippen LogP contribution in [0.5, 0.6) is 0 Å². The summed E-state index contributed by atoms with van der Waals surface area (Å²) in [4.78, 5) is 22.5. The van der Waals surface area contributed by atoms with Crippen LogP contribution in [0.15, 0.2) is 36.4 Å². The van der Waals surface area contributed by atoms with Gasteiger partial charge in [-0.3, -0.25) is 0 Å². The molecule has 0 aromatic heterocycles. The van der Waals surface area contributed by atoms with Gasteiger partial charge in [0.05, 0.1) is 22.5 Å². The molecule has 0 aliphatic carbocycles. The molecule has 0 heterocycles. The fourth-order valence-corrected chi connectivity index (χ4v) is 2.00. The summed E-state index contributed by atoms with van der Waals surface area (Å²) in [7, 11) is 0. The van der Waals surface area contributed by atoms with E-state index in [9.17, 15) is 14.7 Å². The van der Waals surface area contributed by atoms with Crippen molar-refractivity contribution in [3.8, 4) is 11.1 Å². The van der Waals surface area contributed by atoms with Gasteiger partial charge in [0.2, 0.25) is 0 Å². The van der Waals surface area contributed by atoms with Crippen molar-refractivity contribution >= 4 is 23.3 Å². The quantitative estimate of drug-likeness (QED) is 0.632. The monoisotopic (exact) mass is 272 g/mol. The van der Waals surface area contributed by atoms with E-state index in [0.29, 0.717) is 11.3 Å². The van der Waals surface area contributed by atoms with Gasteiger partial charge in [-0.05, 0) is 17.7 Å². The van der Waals surface area contributed by atoms with Gasteiger partial charge >= 0.3 is 11.9 Å². The Labute approximate surface area is 114 Å². The van der Waals surface area contributed by atoms with Crippen molar-refractivity contribution in [2.24, 2.45) is 0 Å². The molecule has 102 valence electrons. The predicted molar refractivity (Wildman–Crippen MR) is 74.6 cm³/mol. The van der Waals surface area contributed by atoms with E-state index in [1.54, 1.807) is 18.2 Å². The van der Waals surface area contributed by atoms with E-state index in [1.165, 1.54) is 18.2 Å². The molecule has 6 nitrogen and oxygen atoms in total. The third-order valence-electron chi connectivity index (χ3n) is 2.94. The standard InChI is InChI=1S/C14H12N2O4/c15-10-6-2-4-8(12(10)16)7-3-1-5-9(13(17)18)11(7)14(19)20/h1-6H,15-16H2,(H,17,18)(H,19,20). The minimum absolute atomic E-state index is 0.220. The molecule has 0 fully saturated rings. The van der Waals surface area contributed by atoms with Crippen LogP contribution in [0.4, 0.5) is 11.4 Å². The Morgan fingerprint density at radius 1 is 0.850 bits per heavy atom. The van der Waals surface area contributed by atoms with Crippen LogP contribution in [0, 0.1) is 0 Å². The van der Waals surface area contributed by atoms with Crippen molar-refractivity contribution in [1.29, 1.82) is 0 Å². The second-order valence-electron chi connectivity index (χ2n) is 4.15. The Kier molecular flexibility index (Phi) is 3.30. The number of benzene rings is 2. The van der Waals surface area contributed by atoms with Crippen LogP contribution in [0.25, 0.3) is 11.1 Å². The molecule has 0 aliphatic rings. The van der Waals surface area contributed by atoms with Crippen LogP contribution in [-0.4, -0.2) is 22.2 Å². The Balaban J connectivity index is 2.81. The molecule has 0 amide bonds. The molecule has 2 rings (SSSR count). The number of aromatic carboxylic acids is 2. The van der Waals surface area contributed by atoms with Gasteiger partial charge in [-0.1, -0.05) is 24.3 Å². The maximum Gasteiger partial charge on any atom is 0.337 e. The highest BCUT2D eigenvalue weighted by Gasteiger charge is 2.21. The Morgan fingerprint density at radius 3 is 2.05 bits per heavy atom. The molecule has 2 aromatic carbocycles. The molecule has 0 spiro atoms. The van der Waals surface area contributed by atoms with Gasteiger partial charge in [0.25, 0.3) is 0 Å². The summed E-state index contributed by atoms with van der Waals surface area (Å²) in [5.41, 5.74) is 12.1. The van der Waals surface area contributed by atoms with E-state index in [2.05, 4.69) is 0 Å². The molecule has 0 radical (unpaired) electrons. The number of carbonyl (C=O) groups is 2. The minimum Gasteiger partial charge on any atom is -0.478 e. The summed E-state index contributed by atoms with van der Waals surface area (Å²) < 4.78 is 0. The number of rotatable bonds is 3. The summed E-state index contributed by atoms with van der Waals surface area (Å²) in [6.45, 7) is 0. The van der Waals surface area contributed by atoms with Gasteiger partial charge < -0.3 is 21.7 Å². The first-order chi connectivity index (χ1) is 9.43. The first-order valence-corrected chi connectivity index (χ1v) is 5.67. The second-order valence-corrected chi connectivity index (χ2v) is 4.15. The lowest BCUT2D eigenvalue weighted by atomic mass is 9.94. The lowest BCUT2D eigenvalue weighted by molar-refractivity contribution is 0.0652. The van der Waals surface area contributed by atoms with Gasteiger partial charge in [-0.25, -0.2) is 9.59 Å². The SMILES string of the molecule is Nc1cccc(-c2cccc(C(=O)O)c2C(=O)O)c1N. The highest BCUT2D eigenvalue weighted by Crippen LogP contribution is 2.33. The molecule has 6 heteroatoms. The molecular weight excluding hydrogens is 260 g/mol. The molecule has 6 N–H and O–H groups in total. The summed E-state index contributed by atoms with van der Waals surface area (Å²) in [5.74, 6) is -2.65. The fraction of sp³-hybridized carbons (Fsp3) is 0. The van der Waals surface area contributed by atoms with Gasteiger partial charge in [-0.15, -0.1) is 0 Å². The zero-order valence-electron chi connectivity index (χ0n) is 10.3. The molecule has 0 bridgehead atoms. The topological polar surface area (TPSA) is 127 Å². The maximum atomic E-state index is 11.4. The molecule has 0 unspecified atom stereocenters. The Morgan fingerprint density at radius 2 is 1.45 bits per heavy atom. The van der Waals surface area contributed by atoms with Crippen LogP contribution < -0.4 is 11.5 Å². The third kappa shape index (κ3) is 2.14. The van der Waals surface area contributed by atoms with Crippen molar-refractivity contribution in [3.05, 3.63) is 47.5 Å². The molecular formula is C14H12N2O4. The average Bonchev–Trinajstić information content (AvgIpc) is 2.40.